The van der Waals surface area contributed by atoms with E-state index >= 15 is 0 Å². The molecule has 0 heterocycles. The maximum atomic E-state index is 4.13. The van der Waals surface area contributed by atoms with Crippen molar-refractivity contribution in [2.24, 2.45) is 0 Å². The lowest BCUT2D eigenvalue weighted by atomic mass is 10.1. The second-order valence-electron chi connectivity index (χ2n) is 6.83. The Balaban J connectivity index is 2.27. The van der Waals surface area contributed by atoms with Crippen molar-refractivity contribution in [1.82, 2.24) is 4.90 Å². The Morgan fingerprint density at radius 3 is 1.70 bits per heavy atom. The molecule has 0 bridgehead atoms. The molecular weight excluding hydrogens is 294 g/mol. The number of nitrogens with zero attached hydrogens (tertiary/aromatic N) is 1. The second-order valence-corrected chi connectivity index (χ2v) is 11.5. The lowest BCUT2D eigenvalue weighted by Gasteiger charge is -2.39. The molecule has 2 aromatic rings. The minimum atomic E-state index is -1.49. The van der Waals surface area contributed by atoms with E-state index in [9.17, 15) is 0 Å². The third-order valence-corrected chi connectivity index (χ3v) is 8.21. The Bertz CT molecular complexity index is 550. The van der Waals surface area contributed by atoms with Crippen LogP contribution in [0.15, 0.2) is 72.9 Å². The van der Waals surface area contributed by atoms with Gasteiger partial charge in [-0.2, -0.15) is 0 Å². The highest BCUT2D eigenvalue weighted by Crippen LogP contribution is 2.23. The molecule has 1 nitrogen and oxygen atoms in total. The van der Waals surface area contributed by atoms with Gasteiger partial charge in [0.05, 0.1) is 8.07 Å². The Morgan fingerprint density at radius 2 is 1.35 bits per heavy atom. The average molecular weight is 324 g/mol. The van der Waals surface area contributed by atoms with Crippen molar-refractivity contribution >= 4 is 8.07 Å². The number of hydrogen-bond donors (Lipinski definition) is 0. The summed E-state index contributed by atoms with van der Waals surface area (Å²) >= 11 is 0. The number of benzene rings is 2. The van der Waals surface area contributed by atoms with Crippen LogP contribution >= 0.6 is 0 Å². The maximum Gasteiger partial charge on any atom is 0.0893 e. The molecule has 0 amide bonds. The molecule has 2 rings (SSSR count). The molecule has 0 saturated heterocycles. The molecule has 23 heavy (non-hydrogen) atoms. The number of rotatable bonds is 8. The highest BCUT2D eigenvalue weighted by atomic mass is 28.3. The number of hydrogen-bond acceptors (Lipinski definition) is 1. The largest absolute Gasteiger partial charge is 0.294 e. The summed E-state index contributed by atoms with van der Waals surface area (Å²) in [5.41, 5.74) is 5.61. The van der Waals surface area contributed by atoms with Gasteiger partial charge in [-0.25, -0.2) is 0 Å². The summed E-state index contributed by atoms with van der Waals surface area (Å²) in [4.78, 5) is 2.65. The van der Waals surface area contributed by atoms with Crippen molar-refractivity contribution in [3.8, 4) is 0 Å². The zero-order valence-electron chi connectivity index (χ0n) is 14.7. The van der Waals surface area contributed by atoms with E-state index in [1.165, 1.54) is 17.5 Å². The smallest absolute Gasteiger partial charge is 0.0893 e. The Kier molecular flexibility index (Phi) is 6.37. The van der Waals surface area contributed by atoms with Gasteiger partial charge in [0.15, 0.2) is 0 Å². The SMILES string of the molecule is C=C[Si](C)(C)C(CC)N(Cc1ccccc1)Cc1ccccc1. The molecule has 1 atom stereocenters. The molecule has 122 valence electrons. The van der Waals surface area contributed by atoms with Gasteiger partial charge in [-0.3, -0.25) is 4.90 Å². The van der Waals surface area contributed by atoms with Gasteiger partial charge in [0.2, 0.25) is 0 Å². The van der Waals surface area contributed by atoms with Crippen LogP contribution < -0.4 is 0 Å². The first-order valence-electron chi connectivity index (χ1n) is 8.52. The minimum Gasteiger partial charge on any atom is -0.294 e. The fraction of sp³-hybridized carbons (Fsp3) is 0.333. The Hall–Kier alpha value is -1.64. The highest BCUT2D eigenvalue weighted by Gasteiger charge is 2.32. The molecule has 0 aliphatic heterocycles. The van der Waals surface area contributed by atoms with Crippen molar-refractivity contribution < 1.29 is 0 Å². The summed E-state index contributed by atoms with van der Waals surface area (Å²) in [6.45, 7) is 13.3. The van der Waals surface area contributed by atoms with Crippen LogP contribution in [-0.2, 0) is 13.1 Å². The molecule has 0 aliphatic carbocycles. The van der Waals surface area contributed by atoms with E-state index in [1.54, 1.807) is 0 Å². The standard InChI is InChI=1S/C21H29NSi/c1-5-21(23(3,4)6-2)22(17-19-13-9-7-10-14-19)18-20-15-11-8-12-16-20/h6-16,21H,2,5,17-18H2,1,3-4H3. The van der Waals surface area contributed by atoms with Crippen LogP contribution in [0.2, 0.25) is 13.1 Å². The molecule has 1 unspecified atom stereocenters. The lowest BCUT2D eigenvalue weighted by Crippen LogP contribution is -2.51. The first kappa shape index (κ1) is 17.7. The predicted octanol–water partition coefficient (Wildman–Crippen LogP) is 5.44. The molecule has 0 N–H and O–H groups in total. The molecule has 0 aromatic heterocycles. The molecule has 0 saturated carbocycles. The fourth-order valence-corrected chi connectivity index (χ4v) is 5.75. The fourth-order valence-electron chi connectivity index (χ4n) is 3.30. The van der Waals surface area contributed by atoms with Gasteiger partial charge >= 0.3 is 0 Å². The molecule has 0 spiro atoms. The van der Waals surface area contributed by atoms with Crippen molar-refractivity contribution in [3.05, 3.63) is 84.1 Å². The topological polar surface area (TPSA) is 3.24 Å². The van der Waals surface area contributed by atoms with Crippen LogP contribution in [0, 0.1) is 0 Å². The first-order valence-corrected chi connectivity index (χ1v) is 11.7. The van der Waals surface area contributed by atoms with E-state index in [4.69, 9.17) is 0 Å². The first-order chi connectivity index (χ1) is 11.1. The van der Waals surface area contributed by atoms with Crippen LogP contribution in [-0.4, -0.2) is 18.6 Å². The van der Waals surface area contributed by atoms with Crippen LogP contribution in [0.3, 0.4) is 0 Å². The zero-order chi connectivity index (χ0) is 16.7. The zero-order valence-corrected chi connectivity index (χ0v) is 15.7. The van der Waals surface area contributed by atoms with Gasteiger partial charge in [-0.15, -0.1) is 12.3 Å². The second kappa shape index (κ2) is 8.28. The summed E-state index contributed by atoms with van der Waals surface area (Å²) in [5, 5.41) is 0. The maximum absolute atomic E-state index is 4.13. The van der Waals surface area contributed by atoms with Crippen molar-refractivity contribution in [2.75, 3.05) is 0 Å². The van der Waals surface area contributed by atoms with Gasteiger partial charge in [0.1, 0.15) is 0 Å². The summed E-state index contributed by atoms with van der Waals surface area (Å²) in [6.07, 6.45) is 1.17. The van der Waals surface area contributed by atoms with Crippen LogP contribution in [0.5, 0.6) is 0 Å². The Labute approximate surface area is 142 Å². The lowest BCUT2D eigenvalue weighted by molar-refractivity contribution is 0.221. The van der Waals surface area contributed by atoms with E-state index in [0.29, 0.717) is 5.67 Å². The average Bonchev–Trinajstić information content (AvgIpc) is 2.57. The predicted molar refractivity (Wildman–Crippen MR) is 104 cm³/mol. The Morgan fingerprint density at radius 1 is 0.913 bits per heavy atom. The summed E-state index contributed by atoms with van der Waals surface area (Å²) in [7, 11) is -1.49. The normalized spacial score (nSPS) is 13.0. The van der Waals surface area contributed by atoms with Crippen LogP contribution in [0.4, 0.5) is 0 Å². The highest BCUT2D eigenvalue weighted by molar-refractivity contribution is 6.83. The third kappa shape index (κ3) is 4.92. The van der Waals surface area contributed by atoms with E-state index < -0.39 is 8.07 Å². The van der Waals surface area contributed by atoms with E-state index in [2.05, 4.69) is 97.9 Å². The monoisotopic (exact) mass is 323 g/mol. The molecule has 2 aromatic carbocycles. The summed E-state index contributed by atoms with van der Waals surface area (Å²) in [5.74, 6) is 0. The molecule has 0 aliphatic rings. The van der Waals surface area contributed by atoms with Gasteiger partial charge in [0, 0.05) is 18.8 Å². The van der Waals surface area contributed by atoms with Crippen molar-refractivity contribution in [3.63, 3.8) is 0 Å². The van der Waals surface area contributed by atoms with Crippen LogP contribution in [0.1, 0.15) is 24.5 Å². The van der Waals surface area contributed by atoms with E-state index in [-0.39, 0.29) is 0 Å². The van der Waals surface area contributed by atoms with Crippen LogP contribution in [0.25, 0.3) is 0 Å². The molecule has 2 heteroatoms. The minimum absolute atomic E-state index is 0.598. The van der Waals surface area contributed by atoms with E-state index in [0.717, 1.165) is 13.1 Å². The van der Waals surface area contributed by atoms with E-state index in [1.807, 2.05) is 0 Å². The summed E-state index contributed by atoms with van der Waals surface area (Å²) < 4.78 is 0. The quantitative estimate of drug-likeness (QED) is 0.585. The third-order valence-electron chi connectivity index (χ3n) is 4.67. The van der Waals surface area contributed by atoms with Crippen molar-refractivity contribution in [2.45, 2.75) is 45.2 Å². The van der Waals surface area contributed by atoms with Gasteiger partial charge in [0.25, 0.3) is 0 Å². The van der Waals surface area contributed by atoms with Gasteiger partial charge < -0.3 is 0 Å². The summed E-state index contributed by atoms with van der Waals surface area (Å²) in [6, 6.07) is 21.6. The van der Waals surface area contributed by atoms with Gasteiger partial charge in [-0.05, 0) is 17.5 Å². The molecular formula is C21H29NSi. The molecule has 0 radical (unpaired) electrons. The molecule has 0 fully saturated rings. The van der Waals surface area contributed by atoms with Gasteiger partial charge in [-0.1, -0.05) is 80.7 Å². The van der Waals surface area contributed by atoms with Crippen molar-refractivity contribution in [1.29, 1.82) is 0 Å².